The summed E-state index contributed by atoms with van der Waals surface area (Å²) in [6.45, 7) is 10.0. The van der Waals surface area contributed by atoms with Crippen LogP contribution in [0.15, 0.2) is 24.3 Å². The van der Waals surface area contributed by atoms with Gasteiger partial charge < -0.3 is 19.7 Å². The molecule has 1 N–H and O–H groups in total. The number of hydrogen-bond donors (Lipinski definition) is 1. The number of rotatable bonds is 5. The van der Waals surface area contributed by atoms with Crippen molar-refractivity contribution in [2.75, 3.05) is 38.3 Å². The van der Waals surface area contributed by atoms with Gasteiger partial charge in [-0.15, -0.1) is 0 Å². The number of carbonyl (C=O) groups is 1. The van der Waals surface area contributed by atoms with Crippen molar-refractivity contribution in [3.8, 4) is 11.5 Å². The van der Waals surface area contributed by atoms with E-state index in [1.54, 1.807) is 6.07 Å². The molecule has 0 aliphatic carbocycles. The molecule has 0 saturated carbocycles. The lowest BCUT2D eigenvalue weighted by atomic mass is 10.1. The van der Waals surface area contributed by atoms with E-state index < -0.39 is 0 Å². The maximum atomic E-state index is 12.9. The Morgan fingerprint density at radius 2 is 1.86 bits per heavy atom. The molecule has 1 fully saturated rings. The Morgan fingerprint density at radius 3 is 2.62 bits per heavy atom. The van der Waals surface area contributed by atoms with Crippen molar-refractivity contribution in [1.82, 2.24) is 19.8 Å². The summed E-state index contributed by atoms with van der Waals surface area (Å²) in [5, 5.41) is 3.18. The predicted octanol–water partition coefficient (Wildman–Crippen LogP) is 2.29. The molecule has 8 nitrogen and oxygen atoms in total. The monoisotopic (exact) mass is 397 g/mol. The molecule has 1 saturated heterocycles. The van der Waals surface area contributed by atoms with Crippen LogP contribution in [0.4, 0.5) is 5.95 Å². The highest BCUT2D eigenvalue weighted by atomic mass is 16.7. The minimum atomic E-state index is -0.0370. The number of ether oxygens (including phenoxy) is 2. The molecular weight excluding hydrogens is 370 g/mol. The molecular formula is C21H27N5O3. The molecule has 0 atom stereocenters. The molecule has 2 aliphatic rings. The molecule has 1 amide bonds. The second-order valence-electron chi connectivity index (χ2n) is 7.77. The first-order valence-corrected chi connectivity index (χ1v) is 10.0. The topological polar surface area (TPSA) is 79.8 Å². The summed E-state index contributed by atoms with van der Waals surface area (Å²) in [6, 6.07) is 8.02. The Balaban J connectivity index is 1.35. The third-order valence-electron chi connectivity index (χ3n) is 4.99. The predicted molar refractivity (Wildman–Crippen MR) is 109 cm³/mol. The number of nitrogens with one attached hydrogen (secondary N) is 1. The number of amides is 1. The molecule has 2 aliphatic heterocycles. The molecule has 29 heavy (non-hydrogen) atoms. The van der Waals surface area contributed by atoms with Gasteiger partial charge in [-0.1, -0.05) is 6.07 Å². The lowest BCUT2D eigenvalue weighted by molar-refractivity contribution is 0.0622. The minimum absolute atomic E-state index is 0.0370. The lowest BCUT2D eigenvalue weighted by Crippen LogP contribution is -2.48. The van der Waals surface area contributed by atoms with Crippen molar-refractivity contribution in [3.63, 3.8) is 0 Å². The largest absolute Gasteiger partial charge is 0.454 e. The molecule has 1 aromatic carbocycles. The van der Waals surface area contributed by atoms with Crippen LogP contribution in [0.25, 0.3) is 0 Å². The molecule has 0 bridgehead atoms. The van der Waals surface area contributed by atoms with Crippen molar-refractivity contribution in [3.05, 3.63) is 41.2 Å². The molecule has 2 aromatic rings. The fourth-order valence-corrected chi connectivity index (χ4v) is 3.57. The van der Waals surface area contributed by atoms with Gasteiger partial charge in [0.05, 0.1) is 0 Å². The zero-order chi connectivity index (χ0) is 20.4. The van der Waals surface area contributed by atoms with E-state index in [1.165, 1.54) is 5.56 Å². The lowest BCUT2D eigenvalue weighted by Gasteiger charge is -2.34. The van der Waals surface area contributed by atoms with Gasteiger partial charge in [0.1, 0.15) is 5.69 Å². The van der Waals surface area contributed by atoms with Crippen molar-refractivity contribution >= 4 is 11.9 Å². The molecule has 1 aromatic heterocycles. The Hall–Kier alpha value is -2.87. The van der Waals surface area contributed by atoms with Gasteiger partial charge in [-0.3, -0.25) is 9.69 Å². The second kappa shape index (κ2) is 8.24. The van der Waals surface area contributed by atoms with E-state index in [0.29, 0.717) is 24.7 Å². The Labute approximate surface area is 170 Å². The van der Waals surface area contributed by atoms with Crippen LogP contribution in [-0.4, -0.2) is 64.7 Å². The smallest absolute Gasteiger partial charge is 0.272 e. The standard InChI is InChI=1S/C21H27N5O3/c1-14(2)22-21-23-15(3)10-17(24-21)20(27)26-8-6-25(7-9-26)12-16-4-5-18-19(11-16)29-13-28-18/h4-5,10-11,14H,6-9,12-13H2,1-3H3,(H,22,23,24). The normalized spacial score (nSPS) is 16.3. The van der Waals surface area contributed by atoms with Crippen LogP contribution < -0.4 is 14.8 Å². The van der Waals surface area contributed by atoms with Gasteiger partial charge in [0.2, 0.25) is 12.7 Å². The maximum Gasteiger partial charge on any atom is 0.272 e. The summed E-state index contributed by atoms with van der Waals surface area (Å²) in [6.07, 6.45) is 0. The van der Waals surface area contributed by atoms with Crippen LogP contribution in [0.1, 0.15) is 35.6 Å². The van der Waals surface area contributed by atoms with Crippen LogP contribution in [0.5, 0.6) is 11.5 Å². The quantitative estimate of drug-likeness (QED) is 0.829. The van der Waals surface area contributed by atoms with Gasteiger partial charge in [0.15, 0.2) is 11.5 Å². The van der Waals surface area contributed by atoms with Gasteiger partial charge in [-0.05, 0) is 44.5 Å². The van der Waals surface area contributed by atoms with Gasteiger partial charge in [-0.25, -0.2) is 9.97 Å². The average Bonchev–Trinajstić information content (AvgIpc) is 3.15. The summed E-state index contributed by atoms with van der Waals surface area (Å²) in [5.41, 5.74) is 2.42. The highest BCUT2D eigenvalue weighted by Gasteiger charge is 2.24. The number of aryl methyl sites for hydroxylation is 1. The van der Waals surface area contributed by atoms with Gasteiger partial charge >= 0.3 is 0 Å². The molecule has 0 radical (unpaired) electrons. The molecule has 3 heterocycles. The first kappa shape index (κ1) is 19.4. The summed E-state index contributed by atoms with van der Waals surface area (Å²) >= 11 is 0. The summed E-state index contributed by atoms with van der Waals surface area (Å²) < 4.78 is 10.8. The number of benzene rings is 1. The number of anilines is 1. The molecule has 8 heteroatoms. The van der Waals surface area contributed by atoms with E-state index >= 15 is 0 Å². The van der Waals surface area contributed by atoms with Crippen molar-refractivity contribution in [2.24, 2.45) is 0 Å². The maximum absolute atomic E-state index is 12.9. The zero-order valence-corrected chi connectivity index (χ0v) is 17.1. The van der Waals surface area contributed by atoms with E-state index in [4.69, 9.17) is 9.47 Å². The van der Waals surface area contributed by atoms with Crippen molar-refractivity contribution in [2.45, 2.75) is 33.4 Å². The highest BCUT2D eigenvalue weighted by Crippen LogP contribution is 2.32. The number of hydrogen-bond acceptors (Lipinski definition) is 7. The first-order valence-electron chi connectivity index (χ1n) is 10.0. The number of carbonyl (C=O) groups excluding carboxylic acids is 1. The summed E-state index contributed by atoms with van der Waals surface area (Å²) in [7, 11) is 0. The summed E-state index contributed by atoms with van der Waals surface area (Å²) in [4.78, 5) is 25.9. The Kier molecular flexibility index (Phi) is 5.53. The number of piperazine rings is 1. The van der Waals surface area contributed by atoms with Crippen LogP contribution in [-0.2, 0) is 6.54 Å². The van der Waals surface area contributed by atoms with Gasteiger partial charge in [0.25, 0.3) is 5.91 Å². The number of fused-ring (bicyclic) bond motifs is 1. The zero-order valence-electron chi connectivity index (χ0n) is 17.1. The van der Waals surface area contributed by atoms with Gasteiger partial charge in [0, 0.05) is 44.5 Å². The first-order chi connectivity index (χ1) is 14.0. The summed E-state index contributed by atoms with van der Waals surface area (Å²) in [5.74, 6) is 2.08. The Morgan fingerprint density at radius 1 is 1.10 bits per heavy atom. The average molecular weight is 397 g/mol. The van der Waals surface area contributed by atoms with Crippen LogP contribution in [0, 0.1) is 6.92 Å². The SMILES string of the molecule is Cc1cc(C(=O)N2CCN(Cc3ccc4c(c3)OCO4)CC2)nc(NC(C)C)n1. The highest BCUT2D eigenvalue weighted by molar-refractivity contribution is 5.92. The molecule has 0 unspecified atom stereocenters. The third kappa shape index (κ3) is 4.59. The van der Waals surface area contributed by atoms with Crippen molar-refractivity contribution < 1.29 is 14.3 Å². The second-order valence-corrected chi connectivity index (χ2v) is 7.77. The minimum Gasteiger partial charge on any atom is -0.454 e. The van der Waals surface area contributed by atoms with Gasteiger partial charge in [-0.2, -0.15) is 0 Å². The molecule has 154 valence electrons. The fraction of sp³-hybridized carbons (Fsp3) is 0.476. The molecule has 0 spiro atoms. The van der Waals surface area contributed by atoms with E-state index in [0.717, 1.165) is 36.8 Å². The van der Waals surface area contributed by atoms with E-state index in [9.17, 15) is 4.79 Å². The van der Waals surface area contributed by atoms with Crippen molar-refractivity contribution in [1.29, 1.82) is 0 Å². The van der Waals surface area contributed by atoms with E-state index in [-0.39, 0.29) is 18.7 Å². The molecule has 4 rings (SSSR count). The van der Waals surface area contributed by atoms with E-state index in [1.807, 2.05) is 37.8 Å². The fourth-order valence-electron chi connectivity index (χ4n) is 3.57. The van der Waals surface area contributed by atoms with Crippen LogP contribution in [0.2, 0.25) is 0 Å². The number of nitrogens with zero attached hydrogens (tertiary/aromatic N) is 4. The Bertz CT molecular complexity index is 894. The van der Waals surface area contributed by atoms with Crippen LogP contribution >= 0.6 is 0 Å². The van der Waals surface area contributed by atoms with Crippen LogP contribution in [0.3, 0.4) is 0 Å². The third-order valence-corrected chi connectivity index (χ3v) is 4.99. The van der Waals surface area contributed by atoms with E-state index in [2.05, 4.69) is 26.3 Å². The number of aromatic nitrogens is 2.